The molecule has 0 radical (unpaired) electrons. The number of ether oxygens (including phenoxy) is 2. The highest BCUT2D eigenvalue weighted by atomic mass is 16.5. The van der Waals surface area contributed by atoms with E-state index < -0.39 is 0 Å². The molecule has 6 heteroatoms. The number of nitrogens with zero attached hydrogens (tertiary/aromatic N) is 3. The smallest absolute Gasteiger partial charge is 0.172 e. The lowest BCUT2D eigenvalue weighted by molar-refractivity contribution is 0.310. The van der Waals surface area contributed by atoms with E-state index in [9.17, 15) is 0 Å². The van der Waals surface area contributed by atoms with Crippen LogP contribution in [0.5, 0.6) is 11.5 Å². The molecule has 2 N–H and O–H groups in total. The SMILES string of the molecule is CCOc1cc([C@@H](N)c2nc(C)n(C)n2)ccc1OC. The molecule has 0 bridgehead atoms. The molecule has 0 unspecified atom stereocenters. The Hall–Kier alpha value is -2.08. The molecular weight excluding hydrogens is 256 g/mol. The Morgan fingerprint density at radius 3 is 2.65 bits per heavy atom. The first-order chi connectivity index (χ1) is 9.56. The van der Waals surface area contributed by atoms with Crippen LogP contribution >= 0.6 is 0 Å². The summed E-state index contributed by atoms with van der Waals surface area (Å²) in [6.07, 6.45) is 0. The largest absolute Gasteiger partial charge is 0.493 e. The van der Waals surface area contributed by atoms with Crippen LogP contribution < -0.4 is 15.2 Å². The van der Waals surface area contributed by atoms with Gasteiger partial charge in [-0.2, -0.15) is 5.10 Å². The normalized spacial score (nSPS) is 12.2. The quantitative estimate of drug-likeness (QED) is 0.897. The van der Waals surface area contributed by atoms with Gasteiger partial charge in [-0.05, 0) is 31.5 Å². The van der Waals surface area contributed by atoms with Crippen LogP contribution in [-0.2, 0) is 7.05 Å². The van der Waals surface area contributed by atoms with Crippen molar-refractivity contribution in [3.63, 3.8) is 0 Å². The molecule has 1 aromatic heterocycles. The van der Waals surface area contributed by atoms with E-state index in [1.54, 1.807) is 11.8 Å². The molecule has 0 aliphatic carbocycles. The predicted molar refractivity (Wildman–Crippen MR) is 75.9 cm³/mol. The number of aromatic nitrogens is 3. The minimum absolute atomic E-state index is 0.389. The summed E-state index contributed by atoms with van der Waals surface area (Å²) in [5.74, 6) is 2.79. The monoisotopic (exact) mass is 276 g/mol. The minimum atomic E-state index is -0.389. The van der Waals surface area contributed by atoms with Gasteiger partial charge in [0.1, 0.15) is 5.82 Å². The maximum atomic E-state index is 6.22. The summed E-state index contributed by atoms with van der Waals surface area (Å²) in [5, 5.41) is 4.31. The highest BCUT2D eigenvalue weighted by molar-refractivity contribution is 5.44. The van der Waals surface area contributed by atoms with Crippen molar-refractivity contribution in [2.45, 2.75) is 19.9 Å². The molecule has 1 heterocycles. The Kier molecular flexibility index (Phi) is 4.24. The van der Waals surface area contributed by atoms with Gasteiger partial charge in [-0.3, -0.25) is 4.68 Å². The number of hydrogen-bond acceptors (Lipinski definition) is 5. The van der Waals surface area contributed by atoms with Gasteiger partial charge in [0.25, 0.3) is 0 Å². The average molecular weight is 276 g/mol. The van der Waals surface area contributed by atoms with Gasteiger partial charge in [-0.15, -0.1) is 0 Å². The predicted octanol–water partition coefficient (Wildman–Crippen LogP) is 1.58. The molecule has 0 spiro atoms. The fourth-order valence-corrected chi connectivity index (χ4v) is 1.92. The van der Waals surface area contributed by atoms with Crippen molar-refractivity contribution >= 4 is 0 Å². The lowest BCUT2D eigenvalue weighted by Crippen LogP contribution is -2.14. The van der Waals surface area contributed by atoms with Crippen LogP contribution in [0.15, 0.2) is 18.2 Å². The second kappa shape index (κ2) is 5.92. The zero-order chi connectivity index (χ0) is 14.7. The Morgan fingerprint density at radius 2 is 2.10 bits per heavy atom. The van der Waals surface area contributed by atoms with E-state index in [0.29, 0.717) is 23.9 Å². The van der Waals surface area contributed by atoms with Crippen LogP contribution in [0.4, 0.5) is 0 Å². The zero-order valence-electron chi connectivity index (χ0n) is 12.3. The van der Waals surface area contributed by atoms with Gasteiger partial charge in [-0.1, -0.05) is 6.07 Å². The van der Waals surface area contributed by atoms with Crippen LogP contribution in [0, 0.1) is 6.92 Å². The average Bonchev–Trinajstić information content (AvgIpc) is 2.78. The molecular formula is C14H20N4O2. The van der Waals surface area contributed by atoms with Gasteiger partial charge < -0.3 is 15.2 Å². The van der Waals surface area contributed by atoms with Crippen molar-refractivity contribution in [1.82, 2.24) is 14.8 Å². The molecule has 0 fully saturated rings. The Balaban J connectivity index is 2.34. The summed E-state index contributed by atoms with van der Waals surface area (Å²) in [5.41, 5.74) is 7.11. The molecule has 108 valence electrons. The van der Waals surface area contributed by atoms with Gasteiger partial charge in [0.05, 0.1) is 19.8 Å². The summed E-state index contributed by atoms with van der Waals surface area (Å²) < 4.78 is 12.5. The Morgan fingerprint density at radius 1 is 1.35 bits per heavy atom. The van der Waals surface area contributed by atoms with Crippen LogP contribution in [0.25, 0.3) is 0 Å². The molecule has 0 aliphatic rings. The lowest BCUT2D eigenvalue weighted by atomic mass is 10.1. The molecule has 20 heavy (non-hydrogen) atoms. The summed E-state index contributed by atoms with van der Waals surface area (Å²) in [4.78, 5) is 4.36. The van der Waals surface area contributed by atoms with Crippen molar-refractivity contribution in [2.75, 3.05) is 13.7 Å². The molecule has 0 saturated heterocycles. The van der Waals surface area contributed by atoms with E-state index in [1.807, 2.05) is 39.1 Å². The molecule has 0 amide bonds. The summed E-state index contributed by atoms with van der Waals surface area (Å²) in [6.45, 7) is 4.38. The number of nitrogens with two attached hydrogens (primary N) is 1. The van der Waals surface area contributed by atoms with Crippen molar-refractivity contribution in [1.29, 1.82) is 0 Å². The fourth-order valence-electron chi connectivity index (χ4n) is 1.92. The number of aryl methyl sites for hydroxylation is 2. The highest BCUT2D eigenvalue weighted by Gasteiger charge is 2.17. The number of methoxy groups -OCH3 is 1. The molecule has 6 nitrogen and oxygen atoms in total. The highest BCUT2D eigenvalue weighted by Crippen LogP contribution is 2.31. The van der Waals surface area contributed by atoms with Gasteiger partial charge in [-0.25, -0.2) is 4.98 Å². The second-order valence-corrected chi connectivity index (χ2v) is 4.46. The first kappa shape index (κ1) is 14.3. The fraction of sp³-hybridized carbons (Fsp3) is 0.429. The van der Waals surface area contributed by atoms with Gasteiger partial charge in [0.15, 0.2) is 17.3 Å². The first-order valence-electron chi connectivity index (χ1n) is 6.50. The molecule has 1 atom stereocenters. The minimum Gasteiger partial charge on any atom is -0.493 e. The molecule has 1 aromatic carbocycles. The van der Waals surface area contributed by atoms with Crippen LogP contribution in [0.3, 0.4) is 0 Å². The van der Waals surface area contributed by atoms with E-state index in [-0.39, 0.29) is 6.04 Å². The van der Waals surface area contributed by atoms with E-state index in [2.05, 4.69) is 10.1 Å². The third-order valence-corrected chi connectivity index (χ3v) is 3.12. The number of rotatable bonds is 5. The van der Waals surface area contributed by atoms with Crippen molar-refractivity contribution in [3.8, 4) is 11.5 Å². The van der Waals surface area contributed by atoms with E-state index >= 15 is 0 Å². The Bertz CT molecular complexity index is 575. The van der Waals surface area contributed by atoms with Gasteiger partial charge >= 0.3 is 0 Å². The van der Waals surface area contributed by atoms with E-state index in [1.165, 1.54) is 0 Å². The molecule has 2 aromatic rings. The maximum absolute atomic E-state index is 6.22. The summed E-state index contributed by atoms with van der Waals surface area (Å²) >= 11 is 0. The molecule has 2 rings (SSSR count). The molecule has 0 aliphatic heterocycles. The van der Waals surface area contributed by atoms with Gasteiger partial charge in [0, 0.05) is 7.05 Å². The van der Waals surface area contributed by atoms with Gasteiger partial charge in [0.2, 0.25) is 0 Å². The van der Waals surface area contributed by atoms with E-state index in [0.717, 1.165) is 11.4 Å². The number of hydrogen-bond donors (Lipinski definition) is 1. The summed E-state index contributed by atoms with van der Waals surface area (Å²) in [6, 6.07) is 5.23. The van der Waals surface area contributed by atoms with Crippen LogP contribution in [0.2, 0.25) is 0 Å². The van der Waals surface area contributed by atoms with Crippen molar-refractivity contribution in [2.24, 2.45) is 12.8 Å². The second-order valence-electron chi connectivity index (χ2n) is 4.46. The topological polar surface area (TPSA) is 75.2 Å². The van der Waals surface area contributed by atoms with Crippen molar-refractivity contribution < 1.29 is 9.47 Å². The first-order valence-corrected chi connectivity index (χ1v) is 6.50. The van der Waals surface area contributed by atoms with Crippen LogP contribution in [-0.4, -0.2) is 28.5 Å². The summed E-state index contributed by atoms with van der Waals surface area (Å²) in [7, 11) is 3.46. The molecule has 0 saturated carbocycles. The zero-order valence-corrected chi connectivity index (χ0v) is 12.3. The maximum Gasteiger partial charge on any atom is 0.172 e. The standard InChI is InChI=1S/C14H20N4O2/c1-5-20-12-8-10(6-7-11(12)19-4)13(15)14-16-9(2)18(3)17-14/h6-8,13H,5,15H2,1-4H3/t13-/m1/s1. The third-order valence-electron chi connectivity index (χ3n) is 3.12. The Labute approximate surface area is 118 Å². The lowest BCUT2D eigenvalue weighted by Gasteiger charge is -2.13. The van der Waals surface area contributed by atoms with Crippen LogP contribution in [0.1, 0.15) is 30.2 Å². The third kappa shape index (κ3) is 2.75. The van der Waals surface area contributed by atoms with Crippen molar-refractivity contribution in [3.05, 3.63) is 35.4 Å². The number of benzene rings is 1. The van der Waals surface area contributed by atoms with E-state index in [4.69, 9.17) is 15.2 Å².